The molecule has 2 rings (SSSR count). The zero-order chi connectivity index (χ0) is 17.7. The number of carbonyl (C=O) groups is 2. The molecule has 0 bridgehead atoms. The van der Waals surface area contributed by atoms with E-state index in [0.29, 0.717) is 32.7 Å². The predicted molar refractivity (Wildman–Crippen MR) is 83.9 cm³/mol. The number of ether oxygens (including phenoxy) is 1. The summed E-state index contributed by atoms with van der Waals surface area (Å²) in [6.07, 6.45) is 0. The van der Waals surface area contributed by atoms with Crippen molar-refractivity contribution in [3.8, 4) is 0 Å². The molecule has 24 heavy (non-hydrogen) atoms. The van der Waals surface area contributed by atoms with E-state index in [2.05, 4.69) is 4.74 Å². The van der Waals surface area contributed by atoms with Gasteiger partial charge in [-0.2, -0.15) is 0 Å². The molecule has 1 N–H and O–H groups in total. The van der Waals surface area contributed by atoms with Gasteiger partial charge in [0.05, 0.1) is 24.2 Å². The Labute approximate surface area is 138 Å². The topological polar surface area (TPSA) is 113 Å². The molecule has 9 nitrogen and oxygen atoms in total. The van der Waals surface area contributed by atoms with Crippen molar-refractivity contribution in [2.75, 3.05) is 46.4 Å². The van der Waals surface area contributed by atoms with Crippen molar-refractivity contribution in [1.82, 2.24) is 9.80 Å². The molecule has 9 heteroatoms. The molecule has 1 aliphatic rings. The van der Waals surface area contributed by atoms with Crippen LogP contribution in [-0.2, 0) is 4.74 Å². The fourth-order valence-corrected chi connectivity index (χ4v) is 2.57. The molecule has 1 aromatic carbocycles. The third-order valence-corrected chi connectivity index (χ3v) is 3.87. The number of nitro benzene ring substituents is 1. The highest BCUT2D eigenvalue weighted by molar-refractivity contribution is 5.99. The van der Waals surface area contributed by atoms with Crippen LogP contribution >= 0.6 is 0 Å². The Bertz CT molecular complexity index is 640. The molecule has 1 aliphatic heterocycles. The maximum Gasteiger partial charge on any atom is 0.338 e. The number of benzene rings is 1. The molecule has 0 spiro atoms. The summed E-state index contributed by atoms with van der Waals surface area (Å²) in [6.45, 7) is 2.74. The first kappa shape index (κ1) is 17.8. The molecule has 0 radical (unpaired) electrons. The van der Waals surface area contributed by atoms with Crippen molar-refractivity contribution in [1.29, 1.82) is 0 Å². The van der Waals surface area contributed by atoms with E-state index in [1.807, 2.05) is 4.90 Å². The Morgan fingerprint density at radius 1 is 1.21 bits per heavy atom. The maximum absolute atomic E-state index is 12.6. The average Bonchev–Trinajstić information content (AvgIpc) is 2.60. The van der Waals surface area contributed by atoms with Crippen LogP contribution in [0.15, 0.2) is 18.2 Å². The molecule has 0 aliphatic carbocycles. The van der Waals surface area contributed by atoms with Gasteiger partial charge in [0.15, 0.2) is 0 Å². The fraction of sp³-hybridized carbons (Fsp3) is 0.467. The first-order valence-electron chi connectivity index (χ1n) is 7.46. The Balaban J connectivity index is 2.21. The summed E-state index contributed by atoms with van der Waals surface area (Å²) < 4.78 is 4.58. The van der Waals surface area contributed by atoms with Gasteiger partial charge < -0.3 is 14.7 Å². The Morgan fingerprint density at radius 3 is 2.38 bits per heavy atom. The van der Waals surface area contributed by atoms with E-state index < -0.39 is 10.9 Å². The van der Waals surface area contributed by atoms with E-state index >= 15 is 0 Å². The summed E-state index contributed by atoms with van der Waals surface area (Å²) in [5.41, 5.74) is -0.283. The third-order valence-electron chi connectivity index (χ3n) is 3.87. The molecule has 0 unspecified atom stereocenters. The molecule has 1 aromatic rings. The summed E-state index contributed by atoms with van der Waals surface area (Å²) in [4.78, 5) is 38.2. The maximum atomic E-state index is 12.6. The number of nitro groups is 1. The van der Waals surface area contributed by atoms with Crippen molar-refractivity contribution in [2.24, 2.45) is 0 Å². The standard InChI is InChI=1S/C15H19N3O6/c1-24-15(21)12-8-11(9-13(10-12)18(22)23)14(20)17-4-2-16(3-5-17)6-7-19/h8-10,19H,2-7H2,1H3. The van der Waals surface area contributed by atoms with Gasteiger partial charge in [0.25, 0.3) is 11.6 Å². The van der Waals surface area contributed by atoms with Gasteiger partial charge in [-0.3, -0.25) is 19.8 Å². The quantitative estimate of drug-likeness (QED) is 0.461. The largest absolute Gasteiger partial charge is 0.465 e. The molecule has 1 amide bonds. The van der Waals surface area contributed by atoms with Crippen LogP contribution < -0.4 is 0 Å². The number of aliphatic hydroxyl groups is 1. The number of hydrogen-bond acceptors (Lipinski definition) is 7. The number of methoxy groups -OCH3 is 1. The van der Waals surface area contributed by atoms with Crippen LogP contribution in [-0.4, -0.2) is 78.1 Å². The molecular formula is C15H19N3O6. The van der Waals surface area contributed by atoms with Crippen molar-refractivity contribution in [3.63, 3.8) is 0 Å². The lowest BCUT2D eigenvalue weighted by Gasteiger charge is -2.34. The second kappa shape index (κ2) is 7.84. The van der Waals surface area contributed by atoms with Crippen LogP contribution in [0.25, 0.3) is 0 Å². The highest BCUT2D eigenvalue weighted by Gasteiger charge is 2.25. The number of rotatable bonds is 5. The van der Waals surface area contributed by atoms with E-state index in [9.17, 15) is 19.7 Å². The summed E-state index contributed by atoms with van der Waals surface area (Å²) in [6, 6.07) is 3.55. The van der Waals surface area contributed by atoms with Crippen LogP contribution in [0.3, 0.4) is 0 Å². The van der Waals surface area contributed by atoms with Crippen LogP contribution in [0.2, 0.25) is 0 Å². The van der Waals surface area contributed by atoms with Gasteiger partial charge in [0, 0.05) is 50.4 Å². The molecule has 1 fully saturated rings. The zero-order valence-electron chi connectivity index (χ0n) is 13.3. The molecule has 0 atom stereocenters. The Hall–Kier alpha value is -2.52. The van der Waals surface area contributed by atoms with Crippen molar-refractivity contribution in [3.05, 3.63) is 39.4 Å². The number of non-ortho nitro benzene ring substituents is 1. The second-order valence-electron chi connectivity index (χ2n) is 5.37. The highest BCUT2D eigenvalue weighted by Crippen LogP contribution is 2.20. The van der Waals surface area contributed by atoms with Crippen LogP contribution in [0.1, 0.15) is 20.7 Å². The first-order valence-corrected chi connectivity index (χ1v) is 7.46. The molecule has 0 saturated carbocycles. The number of piperazine rings is 1. The SMILES string of the molecule is COC(=O)c1cc(C(=O)N2CCN(CCO)CC2)cc([N+](=O)[O-])c1. The average molecular weight is 337 g/mol. The monoisotopic (exact) mass is 337 g/mol. The normalized spacial score (nSPS) is 15.2. The lowest BCUT2D eigenvalue weighted by atomic mass is 10.1. The summed E-state index contributed by atoms with van der Waals surface area (Å²) in [5, 5.41) is 20.0. The minimum Gasteiger partial charge on any atom is -0.465 e. The number of amides is 1. The highest BCUT2D eigenvalue weighted by atomic mass is 16.6. The van der Waals surface area contributed by atoms with Gasteiger partial charge in [-0.25, -0.2) is 4.79 Å². The minimum absolute atomic E-state index is 0.0334. The number of esters is 1. The predicted octanol–water partition coefficient (Wildman–Crippen LogP) is 0.132. The van der Waals surface area contributed by atoms with Crippen molar-refractivity contribution >= 4 is 17.6 Å². The fourth-order valence-electron chi connectivity index (χ4n) is 2.57. The van der Waals surface area contributed by atoms with E-state index in [1.165, 1.54) is 13.2 Å². The second-order valence-corrected chi connectivity index (χ2v) is 5.37. The first-order chi connectivity index (χ1) is 11.5. The van der Waals surface area contributed by atoms with E-state index in [4.69, 9.17) is 5.11 Å². The lowest BCUT2D eigenvalue weighted by molar-refractivity contribution is -0.384. The zero-order valence-corrected chi connectivity index (χ0v) is 13.3. The van der Waals surface area contributed by atoms with Gasteiger partial charge in [0.2, 0.25) is 0 Å². The van der Waals surface area contributed by atoms with Gasteiger partial charge in [-0.15, -0.1) is 0 Å². The molecule has 0 aromatic heterocycles. The van der Waals surface area contributed by atoms with Gasteiger partial charge in [-0.1, -0.05) is 0 Å². The smallest absolute Gasteiger partial charge is 0.338 e. The number of nitrogens with zero attached hydrogens (tertiary/aromatic N) is 3. The van der Waals surface area contributed by atoms with Gasteiger partial charge in [0.1, 0.15) is 0 Å². The molecule has 1 heterocycles. The van der Waals surface area contributed by atoms with E-state index in [-0.39, 0.29) is 29.3 Å². The van der Waals surface area contributed by atoms with E-state index in [1.54, 1.807) is 4.90 Å². The Kier molecular flexibility index (Phi) is 5.83. The third kappa shape index (κ3) is 4.06. The van der Waals surface area contributed by atoms with Gasteiger partial charge >= 0.3 is 5.97 Å². The van der Waals surface area contributed by atoms with Crippen LogP contribution in [0.5, 0.6) is 0 Å². The van der Waals surface area contributed by atoms with Gasteiger partial charge in [-0.05, 0) is 6.07 Å². The van der Waals surface area contributed by atoms with Crippen LogP contribution in [0.4, 0.5) is 5.69 Å². The van der Waals surface area contributed by atoms with Crippen LogP contribution in [0, 0.1) is 10.1 Å². The summed E-state index contributed by atoms with van der Waals surface area (Å²) in [5.74, 6) is -1.10. The van der Waals surface area contributed by atoms with Crippen molar-refractivity contribution < 1.29 is 24.4 Å². The number of carbonyl (C=O) groups excluding carboxylic acids is 2. The van der Waals surface area contributed by atoms with E-state index in [0.717, 1.165) is 12.1 Å². The number of hydrogen-bond donors (Lipinski definition) is 1. The summed E-state index contributed by atoms with van der Waals surface area (Å²) in [7, 11) is 1.17. The lowest BCUT2D eigenvalue weighted by Crippen LogP contribution is -2.49. The minimum atomic E-state index is -0.736. The van der Waals surface area contributed by atoms with Crippen molar-refractivity contribution in [2.45, 2.75) is 0 Å². The number of aliphatic hydroxyl groups excluding tert-OH is 1. The Morgan fingerprint density at radius 2 is 1.83 bits per heavy atom. The molecule has 130 valence electrons. The number of β-amino-alcohol motifs (C(OH)–C–C–N with tert-alkyl or cyclic N) is 1. The molecule has 1 saturated heterocycles. The molecular weight excluding hydrogens is 318 g/mol. The summed E-state index contributed by atoms with van der Waals surface area (Å²) >= 11 is 0.